The predicted molar refractivity (Wildman–Crippen MR) is 87.7 cm³/mol. The molecule has 24 heavy (non-hydrogen) atoms. The number of amides is 2. The molecule has 3 aromatic rings. The van der Waals surface area contributed by atoms with Gasteiger partial charge in [-0.15, -0.1) is 0 Å². The molecule has 0 fully saturated rings. The fraction of sp³-hybridized carbons (Fsp3) is 0. The average Bonchev–Trinajstić information content (AvgIpc) is 2.99. The Kier molecular flexibility index (Phi) is 4.26. The standard InChI is InChI=1S/C16H11ClN4O3/c17-11-6-2-1-5-10(11)15(23)20-16-12(14(18)22)13(21-24-16)9-4-3-7-19-8-9/h1-8H,(H2,18,22)(H,20,23). The number of halogens is 1. The van der Waals surface area contributed by atoms with Gasteiger partial charge in [-0.05, 0) is 24.3 Å². The largest absolute Gasteiger partial charge is 0.365 e. The zero-order valence-electron chi connectivity index (χ0n) is 12.2. The molecular weight excluding hydrogens is 332 g/mol. The Hall–Kier alpha value is -3.19. The van der Waals surface area contributed by atoms with Crippen LogP contribution < -0.4 is 11.1 Å². The summed E-state index contributed by atoms with van der Waals surface area (Å²) in [5.74, 6) is -1.48. The number of carbonyl (C=O) groups is 2. The second-order valence-corrected chi connectivity index (χ2v) is 5.18. The van der Waals surface area contributed by atoms with Gasteiger partial charge in [-0.2, -0.15) is 0 Å². The zero-order valence-corrected chi connectivity index (χ0v) is 12.9. The van der Waals surface area contributed by atoms with Gasteiger partial charge in [0.1, 0.15) is 11.3 Å². The number of nitrogens with zero attached hydrogens (tertiary/aromatic N) is 2. The molecule has 0 saturated carbocycles. The summed E-state index contributed by atoms with van der Waals surface area (Å²) in [6.45, 7) is 0. The van der Waals surface area contributed by atoms with Crippen LogP contribution in [0.3, 0.4) is 0 Å². The summed E-state index contributed by atoms with van der Waals surface area (Å²) >= 11 is 5.98. The quantitative estimate of drug-likeness (QED) is 0.757. The van der Waals surface area contributed by atoms with E-state index < -0.39 is 11.8 Å². The van der Waals surface area contributed by atoms with E-state index in [1.54, 1.807) is 42.6 Å². The maximum absolute atomic E-state index is 12.3. The minimum atomic E-state index is -0.787. The first kappa shape index (κ1) is 15.7. The zero-order chi connectivity index (χ0) is 17.1. The van der Waals surface area contributed by atoms with E-state index in [2.05, 4.69) is 15.5 Å². The van der Waals surface area contributed by atoms with Crippen LogP contribution in [-0.4, -0.2) is 22.0 Å². The summed E-state index contributed by atoms with van der Waals surface area (Å²) in [7, 11) is 0. The van der Waals surface area contributed by atoms with E-state index >= 15 is 0 Å². The molecule has 0 spiro atoms. The third kappa shape index (κ3) is 2.97. The number of nitrogens with two attached hydrogens (primary N) is 1. The van der Waals surface area contributed by atoms with Crippen molar-refractivity contribution in [1.82, 2.24) is 10.1 Å². The number of primary amides is 1. The van der Waals surface area contributed by atoms with Crippen LogP contribution >= 0.6 is 11.6 Å². The number of pyridine rings is 1. The SMILES string of the molecule is NC(=O)c1c(-c2cccnc2)noc1NC(=O)c1ccccc1Cl. The van der Waals surface area contributed by atoms with Gasteiger partial charge in [0.05, 0.1) is 10.6 Å². The molecule has 0 aliphatic rings. The fourth-order valence-corrected chi connectivity index (χ4v) is 2.34. The highest BCUT2D eigenvalue weighted by Gasteiger charge is 2.24. The highest BCUT2D eigenvalue weighted by atomic mass is 35.5. The Morgan fingerprint density at radius 1 is 1.17 bits per heavy atom. The molecule has 0 saturated heterocycles. The first-order chi connectivity index (χ1) is 11.6. The minimum absolute atomic E-state index is 0.0385. The molecule has 0 aliphatic heterocycles. The fourth-order valence-electron chi connectivity index (χ4n) is 2.12. The second-order valence-electron chi connectivity index (χ2n) is 4.78. The summed E-state index contributed by atoms with van der Waals surface area (Å²) in [5.41, 5.74) is 6.33. The van der Waals surface area contributed by atoms with Gasteiger partial charge in [-0.25, -0.2) is 0 Å². The first-order valence-electron chi connectivity index (χ1n) is 6.83. The molecule has 0 radical (unpaired) electrons. The summed E-state index contributed by atoms with van der Waals surface area (Å²) in [4.78, 5) is 28.0. The molecular formula is C16H11ClN4O3. The molecule has 120 valence electrons. The van der Waals surface area contributed by atoms with Gasteiger partial charge in [-0.1, -0.05) is 28.9 Å². The number of carbonyl (C=O) groups excluding carboxylic acids is 2. The number of rotatable bonds is 4. The van der Waals surface area contributed by atoms with E-state index in [1.165, 1.54) is 6.20 Å². The molecule has 3 N–H and O–H groups in total. The summed E-state index contributed by atoms with van der Waals surface area (Å²) < 4.78 is 5.09. The average molecular weight is 343 g/mol. The lowest BCUT2D eigenvalue weighted by Gasteiger charge is -2.04. The van der Waals surface area contributed by atoms with Crippen molar-refractivity contribution in [1.29, 1.82) is 0 Å². The molecule has 3 rings (SSSR count). The van der Waals surface area contributed by atoms with Crippen molar-refractivity contribution in [2.45, 2.75) is 0 Å². The van der Waals surface area contributed by atoms with Crippen molar-refractivity contribution in [2.24, 2.45) is 5.73 Å². The molecule has 0 unspecified atom stereocenters. The Morgan fingerprint density at radius 2 is 1.96 bits per heavy atom. The van der Waals surface area contributed by atoms with Gasteiger partial charge in [0.25, 0.3) is 11.8 Å². The van der Waals surface area contributed by atoms with Crippen LogP contribution in [0.2, 0.25) is 5.02 Å². The van der Waals surface area contributed by atoms with Crippen LogP contribution in [0.25, 0.3) is 11.3 Å². The Labute approximate surface area is 141 Å². The van der Waals surface area contributed by atoms with Crippen LogP contribution in [0.1, 0.15) is 20.7 Å². The Morgan fingerprint density at radius 3 is 2.62 bits per heavy atom. The number of benzene rings is 1. The van der Waals surface area contributed by atoms with Crippen molar-refractivity contribution in [2.75, 3.05) is 5.32 Å². The van der Waals surface area contributed by atoms with E-state index in [4.69, 9.17) is 21.9 Å². The third-order valence-corrected chi connectivity index (χ3v) is 3.55. The Balaban J connectivity index is 1.98. The van der Waals surface area contributed by atoms with Crippen molar-refractivity contribution in [3.8, 4) is 11.3 Å². The third-order valence-electron chi connectivity index (χ3n) is 3.22. The van der Waals surface area contributed by atoms with Gasteiger partial charge >= 0.3 is 0 Å². The Bertz CT molecular complexity index is 909. The summed E-state index contributed by atoms with van der Waals surface area (Å²) in [5, 5.41) is 6.54. The molecule has 0 bridgehead atoms. The lowest BCUT2D eigenvalue weighted by atomic mass is 10.1. The molecule has 0 aliphatic carbocycles. The van der Waals surface area contributed by atoms with E-state index in [-0.39, 0.29) is 27.7 Å². The summed E-state index contributed by atoms with van der Waals surface area (Å²) in [6.07, 6.45) is 3.08. The van der Waals surface area contributed by atoms with Crippen molar-refractivity contribution in [3.63, 3.8) is 0 Å². The molecule has 0 atom stereocenters. The highest BCUT2D eigenvalue weighted by molar-refractivity contribution is 6.34. The number of hydrogen-bond acceptors (Lipinski definition) is 5. The maximum atomic E-state index is 12.3. The van der Waals surface area contributed by atoms with Crippen LogP contribution in [0, 0.1) is 0 Å². The van der Waals surface area contributed by atoms with Crippen LogP contribution in [-0.2, 0) is 0 Å². The molecule has 8 heteroatoms. The topological polar surface area (TPSA) is 111 Å². The van der Waals surface area contributed by atoms with Crippen molar-refractivity contribution >= 4 is 29.3 Å². The monoisotopic (exact) mass is 342 g/mol. The van der Waals surface area contributed by atoms with Gasteiger partial charge < -0.3 is 10.3 Å². The lowest BCUT2D eigenvalue weighted by molar-refractivity contribution is 0.100. The smallest absolute Gasteiger partial charge is 0.259 e. The molecule has 2 amide bonds. The minimum Gasteiger partial charge on any atom is -0.365 e. The molecule has 1 aromatic carbocycles. The van der Waals surface area contributed by atoms with Gasteiger partial charge in [0, 0.05) is 18.0 Å². The van der Waals surface area contributed by atoms with E-state index in [0.29, 0.717) is 5.56 Å². The number of anilines is 1. The number of nitrogens with one attached hydrogen (secondary N) is 1. The van der Waals surface area contributed by atoms with E-state index in [9.17, 15) is 9.59 Å². The van der Waals surface area contributed by atoms with Crippen molar-refractivity contribution in [3.05, 3.63) is 64.9 Å². The maximum Gasteiger partial charge on any atom is 0.259 e. The van der Waals surface area contributed by atoms with Crippen LogP contribution in [0.15, 0.2) is 53.3 Å². The van der Waals surface area contributed by atoms with Gasteiger partial charge in [-0.3, -0.25) is 19.9 Å². The van der Waals surface area contributed by atoms with E-state index in [1.807, 2.05) is 0 Å². The predicted octanol–water partition coefficient (Wildman–Crippen LogP) is 2.74. The molecule has 7 nitrogen and oxygen atoms in total. The highest BCUT2D eigenvalue weighted by Crippen LogP contribution is 2.28. The van der Waals surface area contributed by atoms with Gasteiger partial charge in [0.2, 0.25) is 5.88 Å². The van der Waals surface area contributed by atoms with E-state index in [0.717, 1.165) is 0 Å². The number of hydrogen-bond donors (Lipinski definition) is 2. The van der Waals surface area contributed by atoms with Crippen LogP contribution in [0.5, 0.6) is 0 Å². The molecule has 2 aromatic heterocycles. The lowest BCUT2D eigenvalue weighted by Crippen LogP contribution is -2.17. The summed E-state index contributed by atoms with van der Waals surface area (Å²) in [6, 6.07) is 9.85. The molecule has 2 heterocycles. The number of aromatic nitrogens is 2. The van der Waals surface area contributed by atoms with Gasteiger partial charge in [0.15, 0.2) is 0 Å². The normalized spacial score (nSPS) is 10.4. The first-order valence-corrected chi connectivity index (χ1v) is 7.21. The van der Waals surface area contributed by atoms with Crippen LogP contribution in [0.4, 0.5) is 5.88 Å². The second kappa shape index (κ2) is 6.51. The van der Waals surface area contributed by atoms with Crippen molar-refractivity contribution < 1.29 is 14.1 Å².